The van der Waals surface area contributed by atoms with Gasteiger partial charge >= 0.3 is 0 Å². The van der Waals surface area contributed by atoms with Crippen molar-refractivity contribution in [2.24, 2.45) is 0 Å². The zero-order valence-electron chi connectivity index (χ0n) is 15.2. The Bertz CT molecular complexity index is 819. The van der Waals surface area contributed by atoms with E-state index in [1.807, 2.05) is 36.4 Å². The van der Waals surface area contributed by atoms with Crippen LogP contribution >= 0.6 is 0 Å². The highest BCUT2D eigenvalue weighted by atomic mass is 16.5. The van der Waals surface area contributed by atoms with Crippen LogP contribution in [-0.2, 0) is 11.2 Å². The number of benzene rings is 2. The summed E-state index contributed by atoms with van der Waals surface area (Å²) in [6, 6.07) is 20.3. The Kier molecular flexibility index (Phi) is 6.17. The van der Waals surface area contributed by atoms with Gasteiger partial charge in [-0.25, -0.2) is 9.97 Å². The fourth-order valence-corrected chi connectivity index (χ4v) is 2.57. The summed E-state index contributed by atoms with van der Waals surface area (Å²) in [6.45, 7) is 3.45. The summed E-state index contributed by atoms with van der Waals surface area (Å²) < 4.78 is 5.10. The van der Waals surface area contributed by atoms with Gasteiger partial charge in [0.15, 0.2) is 5.82 Å². The summed E-state index contributed by atoms with van der Waals surface area (Å²) in [6.07, 6.45) is 1.03. The maximum Gasteiger partial charge on any atom is 0.163 e. The highest BCUT2D eigenvalue weighted by Gasteiger charge is 2.07. The number of nitrogens with one attached hydrogen (secondary N) is 2. The van der Waals surface area contributed by atoms with Gasteiger partial charge in [0, 0.05) is 31.0 Å². The summed E-state index contributed by atoms with van der Waals surface area (Å²) in [5.41, 5.74) is 3.29. The Morgan fingerprint density at radius 2 is 1.65 bits per heavy atom. The van der Waals surface area contributed by atoms with E-state index in [1.54, 1.807) is 7.11 Å². The Morgan fingerprint density at radius 3 is 2.35 bits per heavy atom. The van der Waals surface area contributed by atoms with Crippen LogP contribution in [0.4, 0.5) is 17.3 Å². The third-order valence-electron chi connectivity index (χ3n) is 4.01. The molecule has 0 radical (unpaired) electrons. The minimum absolute atomic E-state index is 0.617. The maximum absolute atomic E-state index is 5.10. The molecule has 0 saturated heterocycles. The van der Waals surface area contributed by atoms with Crippen LogP contribution in [0.5, 0.6) is 0 Å². The molecule has 2 N–H and O–H groups in total. The molecule has 134 valence electrons. The molecule has 3 aromatic rings. The van der Waals surface area contributed by atoms with Crippen LogP contribution < -0.4 is 10.6 Å². The van der Waals surface area contributed by atoms with Crippen molar-refractivity contribution < 1.29 is 4.74 Å². The minimum atomic E-state index is 0.617. The van der Waals surface area contributed by atoms with Crippen LogP contribution in [0.2, 0.25) is 0 Å². The minimum Gasteiger partial charge on any atom is -0.383 e. The topological polar surface area (TPSA) is 59.1 Å². The van der Waals surface area contributed by atoms with E-state index < -0.39 is 0 Å². The van der Waals surface area contributed by atoms with Crippen molar-refractivity contribution in [3.8, 4) is 11.4 Å². The molecule has 0 amide bonds. The number of nitrogens with zero attached hydrogens (tertiary/aromatic N) is 2. The molecule has 26 heavy (non-hydrogen) atoms. The highest BCUT2D eigenvalue weighted by Crippen LogP contribution is 2.23. The molecule has 2 aromatic carbocycles. The zero-order chi connectivity index (χ0) is 18.2. The first-order valence-corrected chi connectivity index (χ1v) is 8.81. The normalized spacial score (nSPS) is 10.5. The van der Waals surface area contributed by atoms with Crippen molar-refractivity contribution in [1.29, 1.82) is 0 Å². The highest BCUT2D eigenvalue weighted by molar-refractivity contribution is 5.65. The lowest BCUT2D eigenvalue weighted by molar-refractivity contribution is 0.210. The van der Waals surface area contributed by atoms with Crippen molar-refractivity contribution in [1.82, 2.24) is 9.97 Å². The Labute approximate surface area is 154 Å². The smallest absolute Gasteiger partial charge is 0.163 e. The molecule has 0 saturated carbocycles. The number of aryl methyl sites for hydroxylation is 1. The molecule has 0 spiro atoms. The molecule has 5 heteroatoms. The number of anilines is 3. The van der Waals surface area contributed by atoms with Gasteiger partial charge < -0.3 is 15.4 Å². The molecule has 3 rings (SSSR count). The van der Waals surface area contributed by atoms with Crippen molar-refractivity contribution in [3.05, 3.63) is 66.2 Å². The van der Waals surface area contributed by atoms with E-state index in [0.717, 1.165) is 29.3 Å². The van der Waals surface area contributed by atoms with Crippen molar-refractivity contribution in [3.63, 3.8) is 0 Å². The van der Waals surface area contributed by atoms with Crippen LogP contribution in [0, 0.1) is 0 Å². The molecule has 0 bridgehead atoms. The largest absolute Gasteiger partial charge is 0.383 e. The van der Waals surface area contributed by atoms with Gasteiger partial charge in [-0.2, -0.15) is 0 Å². The van der Waals surface area contributed by atoms with Crippen LogP contribution in [0.1, 0.15) is 12.5 Å². The Balaban J connectivity index is 1.87. The first kappa shape index (κ1) is 17.9. The molecular weight excluding hydrogens is 324 g/mol. The molecule has 5 nitrogen and oxygen atoms in total. The second-order valence-corrected chi connectivity index (χ2v) is 5.92. The zero-order valence-corrected chi connectivity index (χ0v) is 15.2. The lowest BCUT2D eigenvalue weighted by atomic mass is 10.1. The average molecular weight is 348 g/mol. The number of ether oxygens (including phenoxy) is 1. The standard InChI is InChI=1S/C21H24N4O/c1-3-16-9-11-18(12-10-16)23-20-15-19(22-13-14-26-2)24-21(25-20)17-7-5-4-6-8-17/h4-12,15H,3,13-14H2,1-2H3,(H2,22,23,24,25). The average Bonchev–Trinajstić information content (AvgIpc) is 2.69. The van der Waals surface area contributed by atoms with Gasteiger partial charge in [-0.3, -0.25) is 0 Å². The van der Waals surface area contributed by atoms with Gasteiger partial charge in [0.1, 0.15) is 11.6 Å². The predicted molar refractivity (Wildman–Crippen MR) is 107 cm³/mol. The fourth-order valence-electron chi connectivity index (χ4n) is 2.57. The molecule has 0 aliphatic carbocycles. The van der Waals surface area contributed by atoms with Crippen LogP contribution in [0.25, 0.3) is 11.4 Å². The number of hydrogen-bond donors (Lipinski definition) is 2. The van der Waals surface area contributed by atoms with E-state index >= 15 is 0 Å². The molecule has 1 aromatic heterocycles. The number of methoxy groups -OCH3 is 1. The molecule has 0 fully saturated rings. The quantitative estimate of drug-likeness (QED) is 0.587. The van der Waals surface area contributed by atoms with Crippen molar-refractivity contribution in [2.45, 2.75) is 13.3 Å². The predicted octanol–water partition coefficient (Wildman–Crippen LogP) is 4.51. The summed E-state index contributed by atoms with van der Waals surface area (Å²) in [5, 5.41) is 6.66. The van der Waals surface area contributed by atoms with Crippen LogP contribution in [0.3, 0.4) is 0 Å². The molecule has 0 aliphatic heterocycles. The van der Waals surface area contributed by atoms with Crippen LogP contribution in [-0.4, -0.2) is 30.2 Å². The molecule has 0 aliphatic rings. The monoisotopic (exact) mass is 348 g/mol. The third kappa shape index (κ3) is 4.80. The van der Waals surface area contributed by atoms with Gasteiger partial charge in [-0.15, -0.1) is 0 Å². The molecule has 1 heterocycles. The van der Waals surface area contributed by atoms with Crippen LogP contribution in [0.15, 0.2) is 60.7 Å². The number of rotatable bonds is 8. The lowest BCUT2D eigenvalue weighted by Gasteiger charge is -2.12. The number of aromatic nitrogens is 2. The second-order valence-electron chi connectivity index (χ2n) is 5.92. The summed E-state index contributed by atoms with van der Waals surface area (Å²) in [4.78, 5) is 9.30. The summed E-state index contributed by atoms with van der Waals surface area (Å²) in [7, 11) is 1.68. The molecular formula is C21H24N4O. The first-order valence-electron chi connectivity index (χ1n) is 8.81. The Morgan fingerprint density at radius 1 is 0.923 bits per heavy atom. The fraction of sp³-hybridized carbons (Fsp3) is 0.238. The van der Waals surface area contributed by atoms with E-state index in [0.29, 0.717) is 19.0 Å². The SMILES string of the molecule is CCc1ccc(Nc2cc(NCCOC)nc(-c3ccccc3)n2)cc1. The third-order valence-corrected chi connectivity index (χ3v) is 4.01. The van der Waals surface area contributed by atoms with Gasteiger partial charge in [0.05, 0.1) is 6.61 Å². The second kappa shape index (κ2) is 8.97. The first-order chi connectivity index (χ1) is 12.8. The summed E-state index contributed by atoms with van der Waals surface area (Å²) >= 11 is 0. The van der Waals surface area contributed by atoms with Gasteiger partial charge in [-0.05, 0) is 24.1 Å². The van der Waals surface area contributed by atoms with Gasteiger partial charge in [0.25, 0.3) is 0 Å². The summed E-state index contributed by atoms with van der Waals surface area (Å²) in [5.74, 6) is 2.20. The van der Waals surface area contributed by atoms with Crippen molar-refractivity contribution >= 4 is 17.3 Å². The maximum atomic E-state index is 5.10. The van der Waals surface area contributed by atoms with E-state index in [-0.39, 0.29) is 0 Å². The molecule has 0 atom stereocenters. The van der Waals surface area contributed by atoms with Crippen molar-refractivity contribution in [2.75, 3.05) is 30.9 Å². The lowest BCUT2D eigenvalue weighted by Crippen LogP contribution is -2.10. The Hall–Kier alpha value is -2.92. The number of hydrogen-bond acceptors (Lipinski definition) is 5. The van der Waals surface area contributed by atoms with E-state index in [1.165, 1.54) is 5.56 Å². The van der Waals surface area contributed by atoms with E-state index in [4.69, 9.17) is 4.74 Å². The van der Waals surface area contributed by atoms with E-state index in [9.17, 15) is 0 Å². The molecule has 0 unspecified atom stereocenters. The van der Waals surface area contributed by atoms with Gasteiger partial charge in [-0.1, -0.05) is 49.4 Å². The van der Waals surface area contributed by atoms with E-state index in [2.05, 4.69) is 51.8 Å². The van der Waals surface area contributed by atoms with Gasteiger partial charge in [0.2, 0.25) is 0 Å².